The summed E-state index contributed by atoms with van der Waals surface area (Å²) in [4.78, 5) is 4.60. The predicted octanol–water partition coefficient (Wildman–Crippen LogP) is 1.87. The molecule has 1 atom stereocenters. The summed E-state index contributed by atoms with van der Waals surface area (Å²) >= 11 is 2.06. The van der Waals surface area contributed by atoms with Crippen molar-refractivity contribution < 1.29 is 0 Å². The Morgan fingerprint density at radius 2 is 2.44 bits per heavy atom. The van der Waals surface area contributed by atoms with Crippen LogP contribution in [0.1, 0.15) is 24.2 Å². The summed E-state index contributed by atoms with van der Waals surface area (Å²) in [6.07, 6.45) is 5.60. The first-order valence-electron chi connectivity index (χ1n) is 6.47. The molecule has 3 rings (SSSR count). The van der Waals surface area contributed by atoms with Gasteiger partial charge in [0.25, 0.3) is 0 Å². The van der Waals surface area contributed by atoms with Crippen molar-refractivity contribution >= 4 is 17.4 Å². The fraction of sp³-hybridized carbons (Fsp3) is 0.538. The van der Waals surface area contributed by atoms with E-state index < -0.39 is 0 Å². The molecule has 4 nitrogen and oxygen atoms in total. The number of aromatic nitrogens is 3. The molecular formula is C13H18N4S. The summed E-state index contributed by atoms with van der Waals surface area (Å²) in [7, 11) is 0. The van der Waals surface area contributed by atoms with Gasteiger partial charge in [0.2, 0.25) is 0 Å². The smallest absolute Gasteiger partial charge is 0.155 e. The van der Waals surface area contributed by atoms with Gasteiger partial charge in [-0.2, -0.15) is 16.9 Å². The Morgan fingerprint density at radius 3 is 3.22 bits per heavy atom. The predicted molar refractivity (Wildman–Crippen MR) is 74.6 cm³/mol. The molecule has 5 heteroatoms. The number of rotatable bonds is 3. The lowest BCUT2D eigenvalue weighted by Gasteiger charge is -2.19. The van der Waals surface area contributed by atoms with Crippen molar-refractivity contribution in [1.29, 1.82) is 0 Å². The van der Waals surface area contributed by atoms with Crippen LogP contribution in [0.3, 0.4) is 0 Å². The molecule has 0 spiro atoms. The second-order valence-electron chi connectivity index (χ2n) is 4.86. The van der Waals surface area contributed by atoms with Crippen LogP contribution in [0.2, 0.25) is 0 Å². The summed E-state index contributed by atoms with van der Waals surface area (Å²) in [5, 5.41) is 4.54. The van der Waals surface area contributed by atoms with Gasteiger partial charge < -0.3 is 5.73 Å². The summed E-state index contributed by atoms with van der Waals surface area (Å²) < 4.78 is 1.85. The highest BCUT2D eigenvalue weighted by atomic mass is 32.2. The van der Waals surface area contributed by atoms with Crippen LogP contribution in [0.4, 0.5) is 0 Å². The molecule has 0 saturated carbocycles. The first kappa shape index (κ1) is 12.0. The number of pyridine rings is 1. The van der Waals surface area contributed by atoms with Gasteiger partial charge in [-0.3, -0.25) is 0 Å². The van der Waals surface area contributed by atoms with Crippen LogP contribution < -0.4 is 5.73 Å². The topological polar surface area (TPSA) is 56.2 Å². The van der Waals surface area contributed by atoms with E-state index in [1.165, 1.54) is 24.3 Å². The van der Waals surface area contributed by atoms with E-state index in [4.69, 9.17) is 5.73 Å². The van der Waals surface area contributed by atoms with Gasteiger partial charge in [-0.15, -0.1) is 0 Å². The molecule has 2 aromatic rings. The van der Waals surface area contributed by atoms with Gasteiger partial charge in [-0.25, -0.2) is 9.50 Å². The van der Waals surface area contributed by atoms with Crippen molar-refractivity contribution in [2.24, 2.45) is 11.7 Å². The molecular weight excluding hydrogens is 244 g/mol. The quantitative estimate of drug-likeness (QED) is 0.917. The van der Waals surface area contributed by atoms with E-state index in [0.29, 0.717) is 6.54 Å². The van der Waals surface area contributed by atoms with E-state index in [2.05, 4.69) is 21.8 Å². The van der Waals surface area contributed by atoms with Crippen molar-refractivity contribution in [3.8, 4) is 0 Å². The molecule has 2 aromatic heterocycles. The Labute approximate surface area is 111 Å². The summed E-state index contributed by atoms with van der Waals surface area (Å²) in [6, 6.07) is 4.02. The zero-order valence-corrected chi connectivity index (χ0v) is 11.2. The number of nitrogens with two attached hydrogens (primary N) is 1. The van der Waals surface area contributed by atoms with Gasteiger partial charge in [-0.1, -0.05) is 0 Å². The van der Waals surface area contributed by atoms with E-state index >= 15 is 0 Å². The lowest BCUT2D eigenvalue weighted by molar-refractivity contribution is 0.508. The summed E-state index contributed by atoms with van der Waals surface area (Å²) in [5.41, 5.74) is 7.66. The first-order valence-corrected chi connectivity index (χ1v) is 7.62. The lowest BCUT2D eigenvalue weighted by Crippen LogP contribution is -2.13. The van der Waals surface area contributed by atoms with Gasteiger partial charge in [0, 0.05) is 19.2 Å². The second-order valence-corrected chi connectivity index (χ2v) is 6.01. The third kappa shape index (κ3) is 2.52. The molecule has 0 aromatic carbocycles. The van der Waals surface area contributed by atoms with Crippen molar-refractivity contribution in [3.63, 3.8) is 0 Å². The minimum Gasteiger partial charge on any atom is -0.326 e. The Bertz CT molecular complexity index is 531. The highest BCUT2D eigenvalue weighted by molar-refractivity contribution is 7.99. The van der Waals surface area contributed by atoms with Crippen LogP contribution in [0, 0.1) is 5.92 Å². The number of hydrogen-bond acceptors (Lipinski definition) is 4. The van der Waals surface area contributed by atoms with Crippen LogP contribution >= 0.6 is 11.8 Å². The van der Waals surface area contributed by atoms with Crippen LogP contribution in [-0.4, -0.2) is 26.1 Å². The zero-order chi connectivity index (χ0) is 12.4. The molecule has 2 N–H and O–H groups in total. The molecule has 1 unspecified atom stereocenters. The molecule has 1 aliphatic heterocycles. The number of thioether (sulfide) groups is 1. The van der Waals surface area contributed by atoms with Crippen LogP contribution in [0.15, 0.2) is 18.3 Å². The first-order chi connectivity index (χ1) is 8.85. The van der Waals surface area contributed by atoms with Gasteiger partial charge in [0.05, 0.1) is 0 Å². The molecule has 0 aliphatic carbocycles. The maximum atomic E-state index is 5.64. The SMILES string of the molecule is NCc1ccn2nc(CC3CCCSC3)nc2c1. The largest absolute Gasteiger partial charge is 0.326 e. The fourth-order valence-electron chi connectivity index (χ4n) is 2.41. The minimum absolute atomic E-state index is 0.554. The molecule has 18 heavy (non-hydrogen) atoms. The number of nitrogens with zero attached hydrogens (tertiary/aromatic N) is 3. The van der Waals surface area contributed by atoms with E-state index in [-0.39, 0.29) is 0 Å². The zero-order valence-electron chi connectivity index (χ0n) is 10.4. The molecule has 1 fully saturated rings. The van der Waals surface area contributed by atoms with Crippen LogP contribution in [-0.2, 0) is 13.0 Å². The highest BCUT2D eigenvalue weighted by Crippen LogP contribution is 2.24. The Morgan fingerprint density at radius 1 is 1.50 bits per heavy atom. The molecule has 96 valence electrons. The Kier molecular flexibility index (Phi) is 3.52. The fourth-order valence-corrected chi connectivity index (χ4v) is 3.57. The highest BCUT2D eigenvalue weighted by Gasteiger charge is 2.16. The average Bonchev–Trinajstić information content (AvgIpc) is 2.80. The van der Waals surface area contributed by atoms with Gasteiger partial charge >= 0.3 is 0 Å². The maximum absolute atomic E-state index is 5.64. The average molecular weight is 262 g/mol. The van der Waals surface area contributed by atoms with Crippen LogP contribution in [0.5, 0.6) is 0 Å². The van der Waals surface area contributed by atoms with Gasteiger partial charge in [0.1, 0.15) is 0 Å². The summed E-state index contributed by atoms with van der Waals surface area (Å²) in [5.74, 6) is 4.28. The lowest BCUT2D eigenvalue weighted by atomic mass is 10.0. The molecule has 0 bridgehead atoms. The number of fused-ring (bicyclic) bond motifs is 1. The second kappa shape index (κ2) is 5.28. The standard InChI is InChI=1S/C13H18N4S/c14-8-10-3-4-17-13(7-10)15-12(16-17)6-11-2-1-5-18-9-11/h3-4,7,11H,1-2,5-6,8-9,14H2. The molecule has 3 heterocycles. The van der Waals surface area contributed by atoms with Crippen LogP contribution in [0.25, 0.3) is 5.65 Å². The molecule has 0 radical (unpaired) electrons. The monoisotopic (exact) mass is 262 g/mol. The van der Waals surface area contributed by atoms with E-state index in [0.717, 1.165) is 29.4 Å². The Hall–Kier alpha value is -1.07. The van der Waals surface area contributed by atoms with E-state index in [1.807, 2.05) is 22.8 Å². The molecule has 1 saturated heterocycles. The minimum atomic E-state index is 0.554. The number of hydrogen-bond donors (Lipinski definition) is 1. The van der Waals surface area contributed by atoms with Gasteiger partial charge in [-0.05, 0) is 48.0 Å². The molecule has 1 aliphatic rings. The van der Waals surface area contributed by atoms with Crippen molar-refractivity contribution in [1.82, 2.24) is 14.6 Å². The van der Waals surface area contributed by atoms with E-state index in [9.17, 15) is 0 Å². The van der Waals surface area contributed by atoms with Crippen molar-refractivity contribution in [2.75, 3.05) is 11.5 Å². The third-order valence-electron chi connectivity index (χ3n) is 3.41. The normalized spacial score (nSPS) is 20.4. The molecule has 0 amide bonds. The third-order valence-corrected chi connectivity index (χ3v) is 4.69. The van der Waals surface area contributed by atoms with Crippen molar-refractivity contribution in [3.05, 3.63) is 29.7 Å². The maximum Gasteiger partial charge on any atom is 0.155 e. The van der Waals surface area contributed by atoms with Crippen molar-refractivity contribution in [2.45, 2.75) is 25.8 Å². The van der Waals surface area contributed by atoms with E-state index in [1.54, 1.807) is 0 Å². The van der Waals surface area contributed by atoms with Gasteiger partial charge in [0.15, 0.2) is 11.5 Å². The summed E-state index contributed by atoms with van der Waals surface area (Å²) in [6.45, 7) is 0.554. The Balaban J connectivity index is 1.79.